The molecular formula is C15H15N3O2. The van der Waals surface area contributed by atoms with Crippen LogP contribution in [0.2, 0.25) is 0 Å². The van der Waals surface area contributed by atoms with E-state index in [-0.39, 0.29) is 12.5 Å². The number of anilines is 1. The lowest BCUT2D eigenvalue weighted by Crippen LogP contribution is -2.18. The van der Waals surface area contributed by atoms with Crippen LogP contribution in [0.3, 0.4) is 0 Å². The highest BCUT2D eigenvalue weighted by molar-refractivity contribution is 5.94. The predicted octanol–water partition coefficient (Wildman–Crippen LogP) is 1.83. The summed E-state index contributed by atoms with van der Waals surface area (Å²) in [6.07, 6.45) is 1.26. The van der Waals surface area contributed by atoms with Crippen LogP contribution in [0.4, 0.5) is 5.69 Å². The second-order valence-corrected chi connectivity index (χ2v) is 4.89. The van der Waals surface area contributed by atoms with Crippen LogP contribution < -0.4 is 5.32 Å². The molecule has 1 aromatic carbocycles. The molecule has 3 rings (SSSR count). The maximum atomic E-state index is 11.3. The summed E-state index contributed by atoms with van der Waals surface area (Å²) in [6.45, 7) is 1.71. The molecule has 102 valence electrons. The number of carbonyl (C=O) groups is 1. The summed E-state index contributed by atoms with van der Waals surface area (Å²) in [5.74, 6) is 0.483. The highest BCUT2D eigenvalue weighted by Crippen LogP contribution is 2.28. The number of aliphatic hydroxyl groups is 1. The molecule has 1 aliphatic heterocycles. The van der Waals surface area contributed by atoms with Crippen LogP contribution in [-0.4, -0.2) is 21.0 Å². The minimum atomic E-state index is -0.171. The Bertz CT molecular complexity index is 683. The highest BCUT2D eigenvalue weighted by Gasteiger charge is 2.15. The number of aliphatic hydroxyl groups excluding tert-OH is 1. The third kappa shape index (κ3) is 2.40. The van der Waals surface area contributed by atoms with Crippen molar-refractivity contribution in [3.63, 3.8) is 0 Å². The number of rotatable bonds is 2. The quantitative estimate of drug-likeness (QED) is 0.872. The van der Waals surface area contributed by atoms with Gasteiger partial charge in [0.15, 0.2) is 5.82 Å². The van der Waals surface area contributed by atoms with Gasteiger partial charge in [-0.05, 0) is 37.1 Å². The van der Waals surface area contributed by atoms with Crippen molar-refractivity contribution in [1.29, 1.82) is 0 Å². The molecule has 0 spiro atoms. The zero-order chi connectivity index (χ0) is 14.1. The monoisotopic (exact) mass is 269 g/mol. The van der Waals surface area contributed by atoms with Gasteiger partial charge in [-0.2, -0.15) is 0 Å². The predicted molar refractivity (Wildman–Crippen MR) is 75.1 cm³/mol. The summed E-state index contributed by atoms with van der Waals surface area (Å²) in [6, 6.07) is 7.76. The average molecular weight is 269 g/mol. The van der Waals surface area contributed by atoms with Gasteiger partial charge in [0.1, 0.15) is 6.61 Å². The number of fused-ring (bicyclic) bond motifs is 1. The fraction of sp³-hybridized carbons (Fsp3) is 0.267. The average Bonchev–Trinajstić information content (AvgIpc) is 2.46. The minimum Gasteiger partial charge on any atom is -0.388 e. The molecule has 1 amide bonds. The maximum Gasteiger partial charge on any atom is 0.224 e. The number of benzene rings is 1. The lowest BCUT2D eigenvalue weighted by molar-refractivity contribution is -0.116. The van der Waals surface area contributed by atoms with Gasteiger partial charge < -0.3 is 10.4 Å². The number of nitrogens with one attached hydrogen (secondary N) is 1. The molecule has 0 saturated carbocycles. The van der Waals surface area contributed by atoms with Crippen LogP contribution >= 0.6 is 0 Å². The van der Waals surface area contributed by atoms with Crippen LogP contribution in [0, 0.1) is 6.92 Å². The van der Waals surface area contributed by atoms with Gasteiger partial charge in [-0.25, -0.2) is 9.97 Å². The smallest absolute Gasteiger partial charge is 0.224 e. The lowest BCUT2D eigenvalue weighted by Gasteiger charge is -2.17. The van der Waals surface area contributed by atoms with E-state index < -0.39 is 0 Å². The van der Waals surface area contributed by atoms with E-state index in [0.717, 1.165) is 34.6 Å². The zero-order valence-electron chi connectivity index (χ0n) is 11.2. The molecule has 0 bridgehead atoms. The van der Waals surface area contributed by atoms with Gasteiger partial charge in [0.05, 0.1) is 5.69 Å². The van der Waals surface area contributed by atoms with E-state index in [9.17, 15) is 9.90 Å². The second-order valence-electron chi connectivity index (χ2n) is 4.89. The molecule has 20 heavy (non-hydrogen) atoms. The molecule has 2 heterocycles. The number of carbonyl (C=O) groups excluding carboxylic acids is 1. The maximum absolute atomic E-state index is 11.3. The van der Waals surface area contributed by atoms with Gasteiger partial charge in [0.25, 0.3) is 0 Å². The largest absolute Gasteiger partial charge is 0.388 e. The van der Waals surface area contributed by atoms with Gasteiger partial charge in [-0.1, -0.05) is 6.07 Å². The molecule has 0 atom stereocenters. The molecule has 1 aromatic heterocycles. The van der Waals surface area contributed by atoms with Crippen molar-refractivity contribution in [2.45, 2.75) is 26.4 Å². The zero-order valence-corrected chi connectivity index (χ0v) is 11.2. The van der Waals surface area contributed by atoms with E-state index in [0.29, 0.717) is 12.2 Å². The van der Waals surface area contributed by atoms with Gasteiger partial charge >= 0.3 is 0 Å². The lowest BCUT2D eigenvalue weighted by atomic mass is 9.99. The van der Waals surface area contributed by atoms with E-state index in [1.165, 1.54) is 0 Å². The van der Waals surface area contributed by atoms with E-state index in [1.54, 1.807) is 0 Å². The summed E-state index contributed by atoms with van der Waals surface area (Å²) in [4.78, 5) is 19.8. The van der Waals surface area contributed by atoms with E-state index >= 15 is 0 Å². The Kier molecular flexibility index (Phi) is 3.20. The van der Waals surface area contributed by atoms with Crippen molar-refractivity contribution in [1.82, 2.24) is 9.97 Å². The molecule has 0 aliphatic carbocycles. The summed E-state index contributed by atoms with van der Waals surface area (Å²) >= 11 is 0. The van der Waals surface area contributed by atoms with Crippen molar-refractivity contribution >= 4 is 11.6 Å². The number of hydrogen-bond donors (Lipinski definition) is 2. The van der Waals surface area contributed by atoms with Crippen molar-refractivity contribution in [2.24, 2.45) is 0 Å². The molecule has 0 unspecified atom stereocenters. The molecule has 1 aliphatic rings. The van der Waals surface area contributed by atoms with Gasteiger partial charge in [0, 0.05) is 23.4 Å². The Labute approximate surface area is 116 Å². The van der Waals surface area contributed by atoms with Crippen LogP contribution in [0.25, 0.3) is 11.3 Å². The Hall–Kier alpha value is -2.27. The number of aromatic nitrogens is 2. The summed E-state index contributed by atoms with van der Waals surface area (Å²) in [7, 11) is 0. The summed E-state index contributed by atoms with van der Waals surface area (Å²) < 4.78 is 0. The Balaban J connectivity index is 2.03. The Morgan fingerprint density at radius 3 is 2.90 bits per heavy atom. The molecule has 2 N–H and O–H groups in total. The van der Waals surface area contributed by atoms with Crippen LogP contribution in [-0.2, 0) is 17.8 Å². The van der Waals surface area contributed by atoms with Gasteiger partial charge in [-0.3, -0.25) is 4.79 Å². The van der Waals surface area contributed by atoms with Gasteiger partial charge in [0.2, 0.25) is 5.91 Å². The molecule has 0 radical (unpaired) electrons. The minimum absolute atomic E-state index is 0.0608. The fourth-order valence-corrected chi connectivity index (χ4v) is 2.39. The molecule has 5 heteroatoms. The first-order chi connectivity index (χ1) is 9.65. The summed E-state index contributed by atoms with van der Waals surface area (Å²) in [5.41, 5.74) is 4.58. The first-order valence-corrected chi connectivity index (χ1v) is 6.54. The molecule has 5 nitrogen and oxygen atoms in total. The first kappa shape index (κ1) is 12.7. The molecule has 0 fully saturated rings. The third-order valence-corrected chi connectivity index (χ3v) is 3.34. The SMILES string of the molecule is Cc1cc(-c2ccc3c(c2)CCC(=O)N3)nc(CO)n1. The molecular weight excluding hydrogens is 254 g/mol. The van der Waals surface area contributed by atoms with Crippen molar-refractivity contribution in [3.8, 4) is 11.3 Å². The Morgan fingerprint density at radius 1 is 1.25 bits per heavy atom. The van der Waals surface area contributed by atoms with E-state index in [4.69, 9.17) is 0 Å². The van der Waals surface area contributed by atoms with E-state index in [2.05, 4.69) is 15.3 Å². The van der Waals surface area contributed by atoms with Gasteiger partial charge in [-0.15, -0.1) is 0 Å². The standard InChI is InChI=1S/C15H15N3O2/c1-9-6-13(17-14(8-19)16-9)11-2-4-12-10(7-11)3-5-15(20)18-12/h2,4,6-7,19H,3,5,8H2,1H3,(H,18,20). The number of amides is 1. The number of aryl methyl sites for hydroxylation is 2. The van der Waals surface area contributed by atoms with Crippen molar-refractivity contribution in [3.05, 3.63) is 41.3 Å². The first-order valence-electron chi connectivity index (χ1n) is 6.54. The van der Waals surface area contributed by atoms with Crippen molar-refractivity contribution < 1.29 is 9.90 Å². The van der Waals surface area contributed by atoms with Crippen LogP contribution in [0.5, 0.6) is 0 Å². The normalized spacial score (nSPS) is 13.8. The third-order valence-electron chi connectivity index (χ3n) is 3.34. The fourth-order valence-electron chi connectivity index (χ4n) is 2.39. The second kappa shape index (κ2) is 5.02. The van der Waals surface area contributed by atoms with Crippen LogP contribution in [0.15, 0.2) is 24.3 Å². The van der Waals surface area contributed by atoms with Crippen molar-refractivity contribution in [2.75, 3.05) is 5.32 Å². The number of hydrogen-bond acceptors (Lipinski definition) is 4. The molecule has 2 aromatic rings. The van der Waals surface area contributed by atoms with Crippen LogP contribution in [0.1, 0.15) is 23.5 Å². The Morgan fingerprint density at radius 2 is 2.10 bits per heavy atom. The summed E-state index contributed by atoms with van der Waals surface area (Å²) in [5, 5.41) is 12.0. The highest BCUT2D eigenvalue weighted by atomic mass is 16.3. The molecule has 0 saturated heterocycles. The van der Waals surface area contributed by atoms with E-state index in [1.807, 2.05) is 31.2 Å². The topological polar surface area (TPSA) is 75.1 Å². The number of nitrogens with zero attached hydrogens (tertiary/aromatic N) is 2.